The van der Waals surface area contributed by atoms with Gasteiger partial charge >= 0.3 is 12.2 Å². The van der Waals surface area contributed by atoms with Gasteiger partial charge in [0.1, 0.15) is 5.75 Å². The minimum absolute atomic E-state index is 0.157. The van der Waals surface area contributed by atoms with E-state index in [4.69, 9.17) is 14.2 Å². The molecule has 156 valence electrons. The van der Waals surface area contributed by atoms with Crippen molar-refractivity contribution in [3.05, 3.63) is 54.6 Å². The van der Waals surface area contributed by atoms with Crippen molar-refractivity contribution in [1.82, 2.24) is 0 Å². The number of nitrogens with zero attached hydrogens (tertiary/aromatic N) is 1. The van der Waals surface area contributed by atoms with Gasteiger partial charge in [0.25, 0.3) is 0 Å². The highest BCUT2D eigenvalue weighted by atomic mass is 16.7. The molecule has 29 heavy (non-hydrogen) atoms. The van der Waals surface area contributed by atoms with Gasteiger partial charge in [-0.2, -0.15) is 0 Å². The van der Waals surface area contributed by atoms with Crippen molar-refractivity contribution in [2.24, 2.45) is 0 Å². The van der Waals surface area contributed by atoms with Crippen LogP contribution in [0, 0.1) is 0 Å². The van der Waals surface area contributed by atoms with Crippen LogP contribution in [0.15, 0.2) is 54.6 Å². The Morgan fingerprint density at radius 1 is 1.00 bits per heavy atom. The Morgan fingerprint density at radius 3 is 2.31 bits per heavy atom. The summed E-state index contributed by atoms with van der Waals surface area (Å²) < 4.78 is 21.2. The van der Waals surface area contributed by atoms with Gasteiger partial charge in [-0.1, -0.05) is 24.3 Å². The molecule has 0 radical (unpaired) electrons. The Morgan fingerprint density at radius 2 is 1.69 bits per heavy atom. The van der Waals surface area contributed by atoms with Crippen molar-refractivity contribution in [3.8, 4) is 5.75 Å². The van der Waals surface area contributed by atoms with Crippen molar-refractivity contribution in [1.29, 1.82) is 0 Å². The Hall–Kier alpha value is -3.10. The summed E-state index contributed by atoms with van der Waals surface area (Å²) in [5, 5.41) is 2.53. The Balaban J connectivity index is 2.19. The molecular weight excluding hydrogens is 376 g/mol. The molecule has 0 aliphatic carbocycles. The van der Waals surface area contributed by atoms with Crippen LogP contribution < -0.4 is 15.0 Å². The molecule has 2 aromatic carbocycles. The van der Waals surface area contributed by atoms with E-state index in [9.17, 15) is 9.59 Å². The number of rotatable bonds is 9. The van der Waals surface area contributed by atoms with Gasteiger partial charge in [-0.05, 0) is 38.1 Å². The highest BCUT2D eigenvalue weighted by molar-refractivity contribution is 5.89. The maximum Gasteiger partial charge on any atom is 0.419 e. The van der Waals surface area contributed by atoms with Gasteiger partial charge in [0.2, 0.25) is 0 Å². The lowest BCUT2D eigenvalue weighted by Gasteiger charge is -2.26. The molecule has 8 nitrogen and oxygen atoms in total. The predicted octanol–water partition coefficient (Wildman–Crippen LogP) is 4.27. The standard InChI is InChI=1S/C21H26N2O6/c1-4-27-19(28-5-2)15-23(17-11-7-6-8-12-17)21(25)29-18-13-9-10-16(14-18)22-20(24)26-3/h6-14,19H,4-5,15H2,1-3H3,(H,22,24). The summed E-state index contributed by atoms with van der Waals surface area (Å²) in [4.78, 5) is 25.7. The fourth-order valence-corrected chi connectivity index (χ4v) is 2.53. The smallest absolute Gasteiger partial charge is 0.419 e. The normalized spacial score (nSPS) is 10.5. The third kappa shape index (κ3) is 7.10. The summed E-state index contributed by atoms with van der Waals surface area (Å²) in [6.45, 7) is 4.77. The molecular formula is C21H26N2O6. The van der Waals surface area contributed by atoms with E-state index in [1.54, 1.807) is 30.3 Å². The van der Waals surface area contributed by atoms with Crippen LogP contribution in [0.4, 0.5) is 21.0 Å². The number of amides is 2. The third-order valence-electron chi connectivity index (χ3n) is 3.80. The van der Waals surface area contributed by atoms with E-state index in [-0.39, 0.29) is 12.3 Å². The van der Waals surface area contributed by atoms with E-state index >= 15 is 0 Å². The van der Waals surface area contributed by atoms with Crippen LogP contribution in [0.1, 0.15) is 13.8 Å². The van der Waals surface area contributed by atoms with Crippen molar-refractivity contribution >= 4 is 23.6 Å². The molecule has 0 aromatic heterocycles. The molecule has 0 unspecified atom stereocenters. The lowest BCUT2D eigenvalue weighted by Crippen LogP contribution is -2.41. The molecule has 0 bridgehead atoms. The van der Waals surface area contributed by atoms with Crippen LogP contribution in [-0.2, 0) is 14.2 Å². The zero-order valence-corrected chi connectivity index (χ0v) is 16.8. The highest BCUT2D eigenvalue weighted by Crippen LogP contribution is 2.21. The third-order valence-corrected chi connectivity index (χ3v) is 3.80. The van der Waals surface area contributed by atoms with Crippen LogP contribution in [0.5, 0.6) is 5.75 Å². The topological polar surface area (TPSA) is 86.3 Å². The fourth-order valence-electron chi connectivity index (χ4n) is 2.53. The molecule has 2 rings (SSSR count). The molecule has 0 saturated carbocycles. The SMILES string of the molecule is CCOC(CN(C(=O)Oc1cccc(NC(=O)OC)c1)c1ccccc1)OCC. The lowest BCUT2D eigenvalue weighted by atomic mass is 10.3. The molecule has 8 heteroatoms. The van der Waals surface area contributed by atoms with E-state index in [2.05, 4.69) is 10.1 Å². The zero-order chi connectivity index (χ0) is 21.1. The number of para-hydroxylation sites is 1. The Labute approximate surface area is 170 Å². The second-order valence-electron chi connectivity index (χ2n) is 5.80. The first kappa shape index (κ1) is 22.2. The van der Waals surface area contributed by atoms with E-state index in [0.717, 1.165) is 0 Å². The minimum Gasteiger partial charge on any atom is -0.453 e. The van der Waals surface area contributed by atoms with Crippen LogP contribution in [-0.4, -0.2) is 45.3 Å². The number of carbonyl (C=O) groups excluding carboxylic acids is 2. The number of hydrogen-bond donors (Lipinski definition) is 1. The highest BCUT2D eigenvalue weighted by Gasteiger charge is 2.23. The van der Waals surface area contributed by atoms with Crippen LogP contribution in [0.3, 0.4) is 0 Å². The Bertz CT molecular complexity index is 778. The summed E-state index contributed by atoms with van der Waals surface area (Å²) >= 11 is 0. The van der Waals surface area contributed by atoms with Gasteiger partial charge in [-0.25, -0.2) is 9.59 Å². The molecule has 2 amide bonds. The first-order valence-electron chi connectivity index (χ1n) is 9.30. The lowest BCUT2D eigenvalue weighted by molar-refractivity contribution is -0.128. The maximum atomic E-state index is 12.9. The van der Waals surface area contributed by atoms with E-state index in [1.807, 2.05) is 32.0 Å². The van der Waals surface area contributed by atoms with Gasteiger partial charge in [-0.3, -0.25) is 10.2 Å². The summed E-state index contributed by atoms with van der Waals surface area (Å²) in [7, 11) is 1.27. The molecule has 0 fully saturated rings. The summed E-state index contributed by atoms with van der Waals surface area (Å²) in [6, 6.07) is 15.6. The number of nitrogens with one attached hydrogen (secondary N) is 1. The monoisotopic (exact) mass is 402 g/mol. The minimum atomic E-state index is -0.615. The predicted molar refractivity (Wildman–Crippen MR) is 109 cm³/mol. The Kier molecular flexibility index (Phi) is 8.94. The fraction of sp³-hybridized carbons (Fsp3) is 0.333. The molecule has 1 N–H and O–H groups in total. The van der Waals surface area contributed by atoms with Crippen LogP contribution in [0.25, 0.3) is 0 Å². The number of anilines is 2. The first-order valence-corrected chi connectivity index (χ1v) is 9.30. The molecule has 0 heterocycles. The average molecular weight is 402 g/mol. The van der Waals surface area contributed by atoms with E-state index in [0.29, 0.717) is 24.6 Å². The van der Waals surface area contributed by atoms with E-state index in [1.165, 1.54) is 18.1 Å². The number of methoxy groups -OCH3 is 1. The zero-order valence-electron chi connectivity index (χ0n) is 16.8. The molecule has 0 aliphatic rings. The van der Waals surface area contributed by atoms with Gasteiger partial charge < -0.3 is 18.9 Å². The van der Waals surface area contributed by atoms with Crippen molar-refractivity contribution in [2.45, 2.75) is 20.1 Å². The van der Waals surface area contributed by atoms with Crippen molar-refractivity contribution in [2.75, 3.05) is 37.1 Å². The van der Waals surface area contributed by atoms with Crippen LogP contribution in [0.2, 0.25) is 0 Å². The largest absolute Gasteiger partial charge is 0.453 e. The van der Waals surface area contributed by atoms with Gasteiger partial charge in [0, 0.05) is 30.7 Å². The quantitative estimate of drug-likeness (QED) is 0.631. The number of ether oxygens (including phenoxy) is 4. The van der Waals surface area contributed by atoms with Gasteiger partial charge in [0.05, 0.1) is 13.7 Å². The van der Waals surface area contributed by atoms with Gasteiger partial charge in [-0.15, -0.1) is 0 Å². The molecule has 0 aliphatic heterocycles. The van der Waals surface area contributed by atoms with Crippen LogP contribution >= 0.6 is 0 Å². The van der Waals surface area contributed by atoms with Crippen molar-refractivity contribution in [3.63, 3.8) is 0 Å². The maximum absolute atomic E-state index is 12.9. The van der Waals surface area contributed by atoms with Gasteiger partial charge in [0.15, 0.2) is 6.29 Å². The summed E-state index contributed by atoms with van der Waals surface area (Å²) in [6.07, 6.45) is -1.81. The number of hydrogen-bond acceptors (Lipinski definition) is 6. The average Bonchev–Trinajstić information content (AvgIpc) is 2.73. The molecule has 0 atom stereocenters. The summed E-state index contributed by atoms with van der Waals surface area (Å²) in [5.74, 6) is 0.272. The molecule has 0 spiro atoms. The second-order valence-corrected chi connectivity index (χ2v) is 5.80. The second kappa shape index (κ2) is 11.7. The first-order chi connectivity index (χ1) is 14.1. The van der Waals surface area contributed by atoms with Crippen molar-refractivity contribution < 1.29 is 28.5 Å². The molecule has 2 aromatic rings. The molecule has 0 saturated heterocycles. The van der Waals surface area contributed by atoms with E-state index < -0.39 is 18.5 Å². The summed E-state index contributed by atoms with van der Waals surface area (Å²) in [5.41, 5.74) is 1.08. The number of benzene rings is 2. The number of carbonyl (C=O) groups is 2.